The molecule has 3 rings (SSSR count). The molecule has 0 radical (unpaired) electrons. The number of carbonyl (C=O) groups is 1. The zero-order valence-corrected chi connectivity index (χ0v) is 19.0. The molecule has 6 nitrogen and oxygen atoms in total. The Labute approximate surface area is 183 Å². The molecule has 1 amide bonds. The lowest BCUT2D eigenvalue weighted by Gasteiger charge is -2.26. The smallest absolute Gasteiger partial charge is 0.230 e. The molecule has 2 aromatic rings. The van der Waals surface area contributed by atoms with Crippen LogP contribution < -0.4 is 5.32 Å². The zero-order chi connectivity index (χ0) is 21.6. The fourth-order valence-corrected chi connectivity index (χ4v) is 4.63. The van der Waals surface area contributed by atoms with E-state index in [0.717, 1.165) is 29.4 Å². The fraction of sp³-hybridized carbons (Fsp3) is 0.565. The number of nitrogens with zero attached hydrogens (tertiary/aromatic N) is 4. The van der Waals surface area contributed by atoms with Crippen molar-refractivity contribution in [2.24, 2.45) is 0 Å². The van der Waals surface area contributed by atoms with E-state index in [1.165, 1.54) is 36.6 Å². The van der Waals surface area contributed by atoms with Crippen molar-refractivity contribution in [1.29, 1.82) is 5.26 Å². The molecule has 1 N–H and O–H groups in total. The van der Waals surface area contributed by atoms with Crippen LogP contribution in [-0.2, 0) is 10.2 Å². The largest absolute Gasteiger partial charge is 0.354 e. The van der Waals surface area contributed by atoms with Crippen LogP contribution in [0, 0.1) is 11.3 Å². The van der Waals surface area contributed by atoms with Gasteiger partial charge in [0.15, 0.2) is 11.0 Å². The first-order chi connectivity index (χ1) is 14.4. The Hall–Kier alpha value is -2.33. The number of benzene rings is 1. The minimum atomic E-state index is -0.0791. The number of rotatable bonds is 7. The van der Waals surface area contributed by atoms with Gasteiger partial charge in [-0.05, 0) is 23.8 Å². The molecule has 1 saturated carbocycles. The van der Waals surface area contributed by atoms with Gasteiger partial charge in [-0.25, -0.2) is 0 Å². The number of carbonyl (C=O) groups excluding carboxylic acids is 1. The van der Waals surface area contributed by atoms with Crippen LogP contribution in [0.2, 0.25) is 0 Å². The Morgan fingerprint density at radius 3 is 2.53 bits per heavy atom. The normalized spacial score (nSPS) is 15.0. The van der Waals surface area contributed by atoms with E-state index in [2.05, 4.69) is 65.1 Å². The van der Waals surface area contributed by atoms with Gasteiger partial charge in [0.25, 0.3) is 0 Å². The van der Waals surface area contributed by atoms with Crippen LogP contribution in [0.25, 0.3) is 11.4 Å². The molecule has 0 bridgehead atoms. The predicted octanol–water partition coefficient (Wildman–Crippen LogP) is 4.87. The molecule has 1 aliphatic rings. The summed E-state index contributed by atoms with van der Waals surface area (Å²) in [5.41, 5.74) is 2.46. The minimum Gasteiger partial charge on any atom is -0.354 e. The van der Waals surface area contributed by atoms with Crippen molar-refractivity contribution in [3.05, 3.63) is 29.8 Å². The second-order valence-corrected chi connectivity index (χ2v) is 9.78. The van der Waals surface area contributed by atoms with Crippen molar-refractivity contribution in [2.75, 3.05) is 12.3 Å². The molecular weight excluding hydrogens is 394 g/mol. The summed E-state index contributed by atoms with van der Waals surface area (Å²) in [7, 11) is 0. The van der Waals surface area contributed by atoms with Crippen molar-refractivity contribution in [1.82, 2.24) is 20.1 Å². The Morgan fingerprint density at radius 2 is 1.90 bits per heavy atom. The molecule has 0 spiro atoms. The summed E-state index contributed by atoms with van der Waals surface area (Å²) in [5, 5.41) is 21.2. The van der Waals surface area contributed by atoms with Crippen LogP contribution in [0.1, 0.15) is 70.9 Å². The molecule has 0 saturated heterocycles. The van der Waals surface area contributed by atoms with Crippen LogP contribution >= 0.6 is 11.8 Å². The SMILES string of the molecule is CC(C)(C)c1ccc(-c2nnc(SCC(=O)NCCC#N)n2C2CCCCC2)cc1. The van der Waals surface area contributed by atoms with Gasteiger partial charge < -0.3 is 5.32 Å². The summed E-state index contributed by atoms with van der Waals surface area (Å²) in [5.74, 6) is 1.08. The van der Waals surface area contributed by atoms with Crippen LogP contribution in [0.15, 0.2) is 29.4 Å². The molecule has 7 heteroatoms. The van der Waals surface area contributed by atoms with E-state index >= 15 is 0 Å². The molecule has 30 heavy (non-hydrogen) atoms. The van der Waals surface area contributed by atoms with Crippen LogP contribution in [0.5, 0.6) is 0 Å². The van der Waals surface area contributed by atoms with Gasteiger partial charge in [0.05, 0.1) is 18.2 Å². The molecule has 1 heterocycles. The van der Waals surface area contributed by atoms with E-state index in [9.17, 15) is 4.79 Å². The number of hydrogen-bond donors (Lipinski definition) is 1. The highest BCUT2D eigenvalue weighted by molar-refractivity contribution is 7.99. The lowest BCUT2D eigenvalue weighted by Crippen LogP contribution is -2.26. The molecule has 0 unspecified atom stereocenters. The highest BCUT2D eigenvalue weighted by Crippen LogP contribution is 2.36. The number of hydrogen-bond acceptors (Lipinski definition) is 5. The first kappa shape index (κ1) is 22.4. The monoisotopic (exact) mass is 425 g/mol. The topological polar surface area (TPSA) is 83.6 Å². The van der Waals surface area contributed by atoms with Crippen LogP contribution in [0.4, 0.5) is 0 Å². The standard InChI is InChI=1S/C23H31N5OS/c1-23(2,3)18-12-10-17(11-13-18)21-26-27-22(28(21)19-8-5-4-6-9-19)30-16-20(29)25-15-7-14-24/h10-13,19H,4-9,15-16H2,1-3H3,(H,25,29). The van der Waals surface area contributed by atoms with Crippen LogP contribution in [-0.4, -0.2) is 33.0 Å². The maximum atomic E-state index is 12.1. The number of nitriles is 1. The fourth-order valence-electron chi connectivity index (χ4n) is 3.80. The Morgan fingerprint density at radius 1 is 1.20 bits per heavy atom. The maximum Gasteiger partial charge on any atom is 0.230 e. The van der Waals surface area contributed by atoms with Crippen molar-refractivity contribution in [3.8, 4) is 17.5 Å². The summed E-state index contributed by atoms with van der Waals surface area (Å²) < 4.78 is 2.25. The van der Waals surface area contributed by atoms with Gasteiger partial charge in [-0.3, -0.25) is 9.36 Å². The molecule has 160 valence electrons. The highest BCUT2D eigenvalue weighted by atomic mass is 32.2. The highest BCUT2D eigenvalue weighted by Gasteiger charge is 2.24. The van der Waals surface area contributed by atoms with Gasteiger partial charge in [-0.2, -0.15) is 5.26 Å². The molecule has 1 aliphatic carbocycles. The van der Waals surface area contributed by atoms with Crippen molar-refractivity contribution in [3.63, 3.8) is 0 Å². The third kappa shape index (κ3) is 5.63. The van der Waals surface area contributed by atoms with Crippen molar-refractivity contribution in [2.45, 2.75) is 75.9 Å². The average molecular weight is 426 g/mol. The summed E-state index contributed by atoms with van der Waals surface area (Å²) in [6.07, 6.45) is 6.26. The van der Waals surface area contributed by atoms with Gasteiger partial charge in [-0.15, -0.1) is 10.2 Å². The number of nitrogens with one attached hydrogen (secondary N) is 1. The summed E-state index contributed by atoms with van der Waals surface area (Å²) in [6.45, 7) is 7.02. The van der Waals surface area contributed by atoms with E-state index in [1.807, 2.05) is 6.07 Å². The summed E-state index contributed by atoms with van der Waals surface area (Å²) >= 11 is 1.42. The second kappa shape index (κ2) is 10.1. The van der Waals surface area contributed by atoms with Gasteiger partial charge in [0, 0.05) is 18.2 Å². The third-order valence-corrected chi connectivity index (χ3v) is 6.45. The first-order valence-corrected chi connectivity index (χ1v) is 11.7. The first-order valence-electron chi connectivity index (χ1n) is 10.7. The van der Waals surface area contributed by atoms with E-state index in [4.69, 9.17) is 5.26 Å². The van der Waals surface area contributed by atoms with Crippen molar-refractivity contribution < 1.29 is 4.79 Å². The number of amides is 1. The molecule has 0 atom stereocenters. The van der Waals surface area contributed by atoms with E-state index in [-0.39, 0.29) is 17.1 Å². The Bertz CT molecular complexity index is 886. The maximum absolute atomic E-state index is 12.1. The minimum absolute atomic E-state index is 0.0791. The predicted molar refractivity (Wildman–Crippen MR) is 120 cm³/mol. The third-order valence-electron chi connectivity index (χ3n) is 5.50. The lowest BCUT2D eigenvalue weighted by atomic mass is 9.86. The van der Waals surface area contributed by atoms with Gasteiger partial charge in [0.2, 0.25) is 5.91 Å². The number of thioether (sulfide) groups is 1. The van der Waals surface area contributed by atoms with E-state index in [0.29, 0.717) is 19.0 Å². The van der Waals surface area contributed by atoms with Gasteiger partial charge in [0.1, 0.15) is 0 Å². The average Bonchev–Trinajstić information content (AvgIpc) is 3.16. The quantitative estimate of drug-likeness (QED) is 0.505. The molecule has 1 aromatic carbocycles. The molecule has 0 aliphatic heterocycles. The van der Waals surface area contributed by atoms with Crippen LogP contribution in [0.3, 0.4) is 0 Å². The van der Waals surface area contributed by atoms with Gasteiger partial charge in [-0.1, -0.05) is 76.1 Å². The van der Waals surface area contributed by atoms with Crippen molar-refractivity contribution >= 4 is 17.7 Å². The van der Waals surface area contributed by atoms with Gasteiger partial charge >= 0.3 is 0 Å². The second-order valence-electron chi connectivity index (χ2n) is 8.84. The van der Waals surface area contributed by atoms with E-state index < -0.39 is 0 Å². The summed E-state index contributed by atoms with van der Waals surface area (Å²) in [4.78, 5) is 12.1. The zero-order valence-electron chi connectivity index (χ0n) is 18.1. The summed E-state index contributed by atoms with van der Waals surface area (Å²) in [6, 6.07) is 11.0. The Balaban J connectivity index is 1.83. The molecule has 1 aromatic heterocycles. The lowest BCUT2D eigenvalue weighted by molar-refractivity contribution is -0.118. The number of aromatic nitrogens is 3. The molecular formula is C23H31N5OS. The van der Waals surface area contributed by atoms with E-state index in [1.54, 1.807) is 0 Å². The Kier molecular flexibility index (Phi) is 7.54. The molecule has 1 fully saturated rings.